The predicted octanol–water partition coefficient (Wildman–Crippen LogP) is 3.25. The lowest BCUT2D eigenvalue weighted by atomic mass is 10.2. The molecule has 0 saturated heterocycles. The largest absolute Gasteiger partial charge is 0.394 e. The Balaban J connectivity index is 1.59. The van der Waals surface area contributed by atoms with Crippen LogP contribution in [0.4, 0.5) is 5.82 Å². The lowest BCUT2D eigenvalue weighted by Gasteiger charge is -2.19. The Morgan fingerprint density at radius 2 is 2.07 bits per heavy atom. The van der Waals surface area contributed by atoms with Crippen molar-refractivity contribution < 1.29 is 15.0 Å². The summed E-state index contributed by atoms with van der Waals surface area (Å²) in [6.45, 7) is 2.19. The molecular weight excluding hydrogens is 420 g/mol. The maximum atomic E-state index is 12.9. The molecule has 3 N–H and O–H groups in total. The summed E-state index contributed by atoms with van der Waals surface area (Å²) in [5.41, 5.74) is 0.810. The summed E-state index contributed by atoms with van der Waals surface area (Å²) in [6.07, 6.45) is 0.533. The minimum absolute atomic E-state index is 0.0613. The lowest BCUT2D eigenvalue weighted by molar-refractivity contribution is 0.0523. The molecule has 1 aromatic carbocycles. The normalized spacial score (nSPS) is 12.4. The molecule has 0 aliphatic heterocycles. The van der Waals surface area contributed by atoms with Crippen molar-refractivity contribution >= 4 is 54.7 Å². The first-order valence-corrected chi connectivity index (χ1v) is 11.1. The van der Waals surface area contributed by atoms with Gasteiger partial charge in [-0.2, -0.15) is 0 Å². The number of hydrogen-bond acceptors (Lipinski definition) is 8. The molecule has 1 amide bonds. The summed E-state index contributed by atoms with van der Waals surface area (Å²) in [6, 6.07) is 10.4. The smallest absolute Gasteiger partial charge is 0.264 e. The van der Waals surface area contributed by atoms with Crippen molar-refractivity contribution in [3.63, 3.8) is 0 Å². The van der Waals surface area contributed by atoms with E-state index in [2.05, 4.69) is 33.5 Å². The standard InChI is InChI=1S/C21H22N4O3S2/c1-12-17-19(22-8-15-7-13-5-3-4-6-16(13)29-15)23-11-24-20(17)30-18(12)21(28)25(2)9-14(27)10-26/h3-7,11,14,26-27H,8-10H2,1-2H3,(H,22,23,24). The Morgan fingerprint density at radius 3 is 2.83 bits per heavy atom. The van der Waals surface area contributed by atoms with Gasteiger partial charge < -0.3 is 20.4 Å². The van der Waals surface area contributed by atoms with E-state index >= 15 is 0 Å². The minimum atomic E-state index is -0.966. The first-order chi connectivity index (χ1) is 14.5. The number of carbonyl (C=O) groups is 1. The number of hydrogen-bond donors (Lipinski definition) is 3. The molecule has 0 aliphatic carbocycles. The van der Waals surface area contributed by atoms with E-state index in [-0.39, 0.29) is 19.1 Å². The number of fused-ring (bicyclic) bond motifs is 2. The highest BCUT2D eigenvalue weighted by Crippen LogP contribution is 2.34. The molecule has 0 fully saturated rings. The van der Waals surface area contributed by atoms with Crippen molar-refractivity contribution in [2.75, 3.05) is 25.5 Å². The van der Waals surface area contributed by atoms with Crippen LogP contribution in [-0.2, 0) is 6.54 Å². The number of aliphatic hydroxyl groups is 2. The van der Waals surface area contributed by atoms with Crippen molar-refractivity contribution in [1.29, 1.82) is 0 Å². The first kappa shape index (κ1) is 20.7. The summed E-state index contributed by atoms with van der Waals surface area (Å²) in [4.78, 5) is 25.5. The van der Waals surface area contributed by atoms with Gasteiger partial charge in [0.1, 0.15) is 17.0 Å². The Bertz CT molecular complexity index is 1170. The molecule has 3 aromatic heterocycles. The topological polar surface area (TPSA) is 98.6 Å². The van der Waals surface area contributed by atoms with E-state index in [0.717, 1.165) is 15.8 Å². The van der Waals surface area contributed by atoms with E-state index in [1.54, 1.807) is 18.4 Å². The number of nitrogens with zero attached hydrogens (tertiary/aromatic N) is 3. The highest BCUT2D eigenvalue weighted by atomic mass is 32.1. The van der Waals surface area contributed by atoms with Gasteiger partial charge in [0.05, 0.1) is 29.5 Å². The average molecular weight is 443 g/mol. The number of carbonyl (C=O) groups excluding carboxylic acids is 1. The molecule has 0 saturated carbocycles. The number of likely N-dealkylation sites (N-methyl/N-ethyl adjacent to an activating group) is 1. The van der Waals surface area contributed by atoms with E-state index in [1.807, 2.05) is 19.1 Å². The van der Waals surface area contributed by atoms with E-state index in [4.69, 9.17) is 5.11 Å². The molecule has 30 heavy (non-hydrogen) atoms. The molecule has 0 aliphatic rings. The van der Waals surface area contributed by atoms with Crippen LogP contribution in [0.2, 0.25) is 0 Å². The van der Waals surface area contributed by atoms with E-state index in [1.165, 1.54) is 37.5 Å². The Kier molecular flexibility index (Phi) is 5.96. The van der Waals surface area contributed by atoms with E-state index in [0.29, 0.717) is 17.2 Å². The number of aryl methyl sites for hydroxylation is 1. The summed E-state index contributed by atoms with van der Waals surface area (Å²) < 4.78 is 1.25. The van der Waals surface area contributed by atoms with Gasteiger partial charge in [-0.05, 0) is 30.0 Å². The molecule has 4 aromatic rings. The van der Waals surface area contributed by atoms with Crippen LogP contribution in [-0.4, -0.2) is 57.3 Å². The molecule has 0 radical (unpaired) electrons. The van der Waals surface area contributed by atoms with Crippen molar-refractivity contribution in [3.8, 4) is 0 Å². The minimum Gasteiger partial charge on any atom is -0.394 e. The molecule has 7 nitrogen and oxygen atoms in total. The fourth-order valence-electron chi connectivity index (χ4n) is 3.33. The van der Waals surface area contributed by atoms with Gasteiger partial charge in [-0.25, -0.2) is 9.97 Å². The third-order valence-electron chi connectivity index (χ3n) is 4.87. The highest BCUT2D eigenvalue weighted by Gasteiger charge is 2.23. The maximum absolute atomic E-state index is 12.9. The van der Waals surface area contributed by atoms with Gasteiger partial charge in [-0.3, -0.25) is 4.79 Å². The Morgan fingerprint density at radius 1 is 1.27 bits per heavy atom. The van der Waals surface area contributed by atoms with Crippen molar-refractivity contribution in [2.45, 2.75) is 19.6 Å². The molecule has 9 heteroatoms. The number of nitrogens with one attached hydrogen (secondary N) is 1. The van der Waals surface area contributed by atoms with Gasteiger partial charge in [0.2, 0.25) is 0 Å². The second-order valence-corrected chi connectivity index (χ2v) is 9.25. The van der Waals surface area contributed by atoms with Crippen molar-refractivity contribution in [2.24, 2.45) is 0 Å². The zero-order chi connectivity index (χ0) is 21.3. The number of thiophene rings is 2. The quantitative estimate of drug-likeness (QED) is 0.406. The molecule has 156 valence electrons. The van der Waals surface area contributed by atoms with Crippen LogP contribution in [0.5, 0.6) is 0 Å². The fraction of sp³-hybridized carbons (Fsp3) is 0.286. The number of rotatable bonds is 7. The second-order valence-electron chi connectivity index (χ2n) is 7.08. The number of amides is 1. The number of benzene rings is 1. The van der Waals surface area contributed by atoms with E-state index < -0.39 is 6.10 Å². The van der Waals surface area contributed by atoms with Gasteiger partial charge in [-0.1, -0.05) is 18.2 Å². The third kappa shape index (κ3) is 4.01. The lowest BCUT2D eigenvalue weighted by Crippen LogP contribution is -2.35. The second kappa shape index (κ2) is 8.65. The van der Waals surface area contributed by atoms with Crippen LogP contribution in [0, 0.1) is 6.92 Å². The van der Waals surface area contributed by atoms with Crippen molar-refractivity contribution in [1.82, 2.24) is 14.9 Å². The predicted molar refractivity (Wildman–Crippen MR) is 121 cm³/mol. The number of anilines is 1. The van der Waals surface area contributed by atoms with Crippen molar-refractivity contribution in [3.05, 3.63) is 52.0 Å². The zero-order valence-electron chi connectivity index (χ0n) is 16.6. The van der Waals surface area contributed by atoms with Crippen LogP contribution >= 0.6 is 22.7 Å². The molecule has 0 spiro atoms. The van der Waals surface area contributed by atoms with E-state index in [9.17, 15) is 9.90 Å². The highest BCUT2D eigenvalue weighted by molar-refractivity contribution is 7.20. The van der Waals surface area contributed by atoms with Crippen LogP contribution in [0.1, 0.15) is 20.1 Å². The third-order valence-corrected chi connectivity index (χ3v) is 7.17. The zero-order valence-corrected chi connectivity index (χ0v) is 18.3. The Labute approximate surface area is 181 Å². The van der Waals surface area contributed by atoms with Crippen LogP contribution in [0.3, 0.4) is 0 Å². The van der Waals surface area contributed by atoms with Gasteiger partial charge in [0, 0.05) is 23.2 Å². The summed E-state index contributed by atoms with van der Waals surface area (Å²) >= 11 is 3.05. The monoisotopic (exact) mass is 442 g/mol. The Hall–Kier alpha value is -2.59. The van der Waals surface area contributed by atoms with Gasteiger partial charge in [-0.15, -0.1) is 22.7 Å². The van der Waals surface area contributed by atoms with Gasteiger partial charge >= 0.3 is 0 Å². The molecular formula is C21H22N4O3S2. The number of aliphatic hydroxyl groups excluding tert-OH is 2. The van der Waals surface area contributed by atoms with Gasteiger partial charge in [0.25, 0.3) is 5.91 Å². The van der Waals surface area contributed by atoms with Gasteiger partial charge in [0.15, 0.2) is 0 Å². The maximum Gasteiger partial charge on any atom is 0.264 e. The first-order valence-electron chi connectivity index (χ1n) is 9.47. The molecule has 0 bridgehead atoms. The summed E-state index contributed by atoms with van der Waals surface area (Å²) in [7, 11) is 1.61. The molecule has 1 unspecified atom stereocenters. The molecule has 4 rings (SSSR count). The summed E-state index contributed by atoms with van der Waals surface area (Å²) in [5.74, 6) is 0.488. The molecule has 3 heterocycles. The number of aromatic nitrogens is 2. The average Bonchev–Trinajstić information content (AvgIpc) is 3.32. The fourth-order valence-corrected chi connectivity index (χ4v) is 5.48. The molecule has 1 atom stereocenters. The van der Waals surface area contributed by atoms with Crippen LogP contribution in [0.25, 0.3) is 20.3 Å². The van der Waals surface area contributed by atoms with Crippen LogP contribution in [0.15, 0.2) is 36.7 Å². The van der Waals surface area contributed by atoms with Crippen LogP contribution < -0.4 is 5.32 Å². The SMILES string of the molecule is Cc1c(C(=O)N(C)CC(O)CO)sc2ncnc(NCc3cc4ccccc4s3)c12. The summed E-state index contributed by atoms with van der Waals surface area (Å²) in [5, 5.41) is 24.1.